The van der Waals surface area contributed by atoms with Gasteiger partial charge in [-0.2, -0.15) is 13.2 Å². The molecule has 0 saturated heterocycles. The Kier molecular flexibility index (Phi) is 5.24. The van der Waals surface area contributed by atoms with Gasteiger partial charge in [-0.25, -0.2) is 13.1 Å². The van der Waals surface area contributed by atoms with E-state index in [2.05, 4.69) is 0 Å². The molecule has 1 atom stereocenters. The molecule has 0 saturated carbocycles. The summed E-state index contributed by atoms with van der Waals surface area (Å²) in [5.41, 5.74) is -3.83. The molecule has 0 aliphatic heterocycles. The summed E-state index contributed by atoms with van der Waals surface area (Å²) < 4.78 is 66.1. The largest absolute Gasteiger partial charge is 0.422 e. The van der Waals surface area contributed by atoms with E-state index in [1.54, 1.807) is 4.72 Å². The maximum atomic E-state index is 13.3. The van der Waals surface area contributed by atoms with Gasteiger partial charge in [0.1, 0.15) is 0 Å². The lowest BCUT2D eigenvalue weighted by Gasteiger charge is -2.31. The quantitative estimate of drug-likeness (QED) is 0.839. The van der Waals surface area contributed by atoms with E-state index in [4.69, 9.17) is 11.6 Å². The van der Waals surface area contributed by atoms with E-state index < -0.39 is 33.9 Å². The summed E-state index contributed by atoms with van der Waals surface area (Å²) in [7, 11) is -4.28. The Morgan fingerprint density at radius 2 is 1.67 bits per heavy atom. The first-order valence-electron chi connectivity index (χ1n) is 6.66. The fourth-order valence-corrected chi connectivity index (χ4v) is 3.36. The maximum absolute atomic E-state index is 13.3. The van der Waals surface area contributed by atoms with Crippen molar-refractivity contribution < 1.29 is 26.7 Å². The summed E-state index contributed by atoms with van der Waals surface area (Å²) in [6, 6.07) is 11.3. The maximum Gasteiger partial charge on any atom is 0.422 e. The lowest BCUT2D eigenvalue weighted by molar-refractivity contribution is -0.263. The van der Waals surface area contributed by atoms with Crippen LogP contribution in [-0.2, 0) is 15.6 Å². The molecule has 0 radical (unpaired) electrons. The van der Waals surface area contributed by atoms with Crippen LogP contribution < -0.4 is 4.72 Å². The number of rotatable bonds is 5. The van der Waals surface area contributed by atoms with Crippen LogP contribution in [-0.4, -0.2) is 26.2 Å². The van der Waals surface area contributed by atoms with Gasteiger partial charge in [0.05, 0.1) is 11.4 Å². The van der Waals surface area contributed by atoms with E-state index in [1.807, 2.05) is 0 Å². The molecule has 24 heavy (non-hydrogen) atoms. The van der Waals surface area contributed by atoms with Gasteiger partial charge in [0.2, 0.25) is 10.0 Å². The number of hydrogen-bond donors (Lipinski definition) is 2. The summed E-state index contributed by atoms with van der Waals surface area (Å²) in [5.74, 6) is 0. The molecular weight excluding hydrogens is 367 g/mol. The summed E-state index contributed by atoms with van der Waals surface area (Å²) in [4.78, 5) is -0.299. The van der Waals surface area contributed by atoms with E-state index in [0.29, 0.717) is 0 Å². The Labute approximate surface area is 141 Å². The average Bonchev–Trinajstić information content (AvgIpc) is 2.52. The molecule has 0 bridgehead atoms. The second kappa shape index (κ2) is 6.72. The minimum Gasteiger partial charge on any atom is -0.375 e. The number of sulfonamides is 1. The van der Waals surface area contributed by atoms with Crippen molar-refractivity contribution in [2.45, 2.75) is 16.7 Å². The molecule has 0 fully saturated rings. The third kappa shape index (κ3) is 3.89. The lowest BCUT2D eigenvalue weighted by atomic mass is 9.93. The molecule has 2 aromatic rings. The van der Waals surface area contributed by atoms with Crippen molar-refractivity contribution in [3.05, 3.63) is 65.2 Å². The predicted molar refractivity (Wildman–Crippen MR) is 83.0 cm³/mol. The highest BCUT2D eigenvalue weighted by molar-refractivity contribution is 7.89. The zero-order chi connectivity index (χ0) is 18.0. The van der Waals surface area contributed by atoms with Gasteiger partial charge in [-0.15, -0.1) is 0 Å². The van der Waals surface area contributed by atoms with Crippen molar-refractivity contribution in [2.24, 2.45) is 0 Å². The van der Waals surface area contributed by atoms with Gasteiger partial charge in [0.25, 0.3) is 0 Å². The minimum absolute atomic E-state index is 0.118. The number of nitrogens with one attached hydrogen (secondary N) is 1. The topological polar surface area (TPSA) is 66.4 Å². The number of alkyl halides is 3. The SMILES string of the molecule is O=S(=O)(NCC(O)(c1ccccc1)C(F)(F)F)c1cccc(Cl)c1. The zero-order valence-corrected chi connectivity index (χ0v) is 13.7. The summed E-state index contributed by atoms with van der Waals surface area (Å²) in [5, 5.41) is 10.2. The van der Waals surface area contributed by atoms with Crippen LogP contribution in [0, 0.1) is 0 Å². The van der Waals surface area contributed by atoms with Crippen molar-refractivity contribution in [1.29, 1.82) is 0 Å². The number of halogens is 4. The zero-order valence-electron chi connectivity index (χ0n) is 12.1. The Bertz CT molecular complexity index is 812. The number of hydrogen-bond acceptors (Lipinski definition) is 3. The molecule has 130 valence electrons. The molecule has 1 unspecified atom stereocenters. The van der Waals surface area contributed by atoms with Crippen LogP contribution in [0.25, 0.3) is 0 Å². The van der Waals surface area contributed by atoms with Gasteiger partial charge >= 0.3 is 6.18 Å². The number of aliphatic hydroxyl groups is 1. The highest BCUT2D eigenvalue weighted by Gasteiger charge is 2.55. The third-order valence-electron chi connectivity index (χ3n) is 3.34. The second-order valence-electron chi connectivity index (χ2n) is 5.01. The smallest absolute Gasteiger partial charge is 0.375 e. The van der Waals surface area contributed by atoms with Crippen LogP contribution >= 0.6 is 11.6 Å². The molecule has 9 heteroatoms. The summed E-state index contributed by atoms with van der Waals surface area (Å²) >= 11 is 5.69. The molecular formula is C15H13ClF3NO3S. The van der Waals surface area contributed by atoms with Crippen LogP contribution in [0.3, 0.4) is 0 Å². The van der Waals surface area contributed by atoms with E-state index in [1.165, 1.54) is 36.4 Å². The van der Waals surface area contributed by atoms with E-state index in [0.717, 1.165) is 18.2 Å². The van der Waals surface area contributed by atoms with Crippen molar-refractivity contribution in [2.75, 3.05) is 6.54 Å². The van der Waals surface area contributed by atoms with Crippen molar-refractivity contribution in [3.63, 3.8) is 0 Å². The van der Waals surface area contributed by atoms with Crippen LogP contribution in [0.4, 0.5) is 13.2 Å². The molecule has 4 nitrogen and oxygen atoms in total. The Morgan fingerprint density at radius 1 is 1.04 bits per heavy atom. The van der Waals surface area contributed by atoms with Gasteiger partial charge < -0.3 is 5.11 Å². The molecule has 0 spiro atoms. The molecule has 2 aromatic carbocycles. The lowest BCUT2D eigenvalue weighted by Crippen LogP contribution is -2.51. The molecule has 0 aliphatic rings. The summed E-state index contributed by atoms with van der Waals surface area (Å²) in [6.07, 6.45) is -5.08. The first-order valence-corrected chi connectivity index (χ1v) is 8.52. The van der Waals surface area contributed by atoms with Gasteiger partial charge in [-0.1, -0.05) is 48.0 Å². The second-order valence-corrected chi connectivity index (χ2v) is 7.21. The molecule has 0 heterocycles. The summed E-state index contributed by atoms with van der Waals surface area (Å²) in [6.45, 7) is -1.27. The van der Waals surface area contributed by atoms with E-state index in [9.17, 15) is 26.7 Å². The Morgan fingerprint density at radius 3 is 2.21 bits per heavy atom. The fourth-order valence-electron chi connectivity index (χ4n) is 2.00. The first kappa shape index (κ1) is 18.7. The predicted octanol–water partition coefficient (Wildman–Crippen LogP) is 3.07. The molecule has 0 aliphatic carbocycles. The molecule has 0 amide bonds. The molecule has 0 aromatic heterocycles. The normalized spacial score (nSPS) is 15.0. The monoisotopic (exact) mass is 379 g/mol. The van der Waals surface area contributed by atoms with E-state index >= 15 is 0 Å². The van der Waals surface area contributed by atoms with Gasteiger partial charge in [0, 0.05) is 5.02 Å². The highest BCUT2D eigenvalue weighted by Crippen LogP contribution is 2.38. The van der Waals surface area contributed by atoms with Crippen molar-refractivity contribution >= 4 is 21.6 Å². The van der Waals surface area contributed by atoms with Crippen LogP contribution in [0.15, 0.2) is 59.5 Å². The van der Waals surface area contributed by atoms with E-state index in [-0.39, 0.29) is 9.92 Å². The van der Waals surface area contributed by atoms with Gasteiger partial charge in [-0.05, 0) is 23.8 Å². The van der Waals surface area contributed by atoms with Crippen molar-refractivity contribution in [3.8, 4) is 0 Å². The van der Waals surface area contributed by atoms with Crippen LogP contribution in [0.1, 0.15) is 5.56 Å². The highest BCUT2D eigenvalue weighted by atomic mass is 35.5. The molecule has 2 N–H and O–H groups in total. The minimum atomic E-state index is -5.08. The van der Waals surface area contributed by atoms with Gasteiger partial charge in [0.15, 0.2) is 5.60 Å². The Hall–Kier alpha value is -1.61. The fraction of sp³-hybridized carbons (Fsp3) is 0.200. The number of benzene rings is 2. The molecule has 2 rings (SSSR count). The van der Waals surface area contributed by atoms with Gasteiger partial charge in [-0.3, -0.25) is 0 Å². The van der Waals surface area contributed by atoms with Crippen molar-refractivity contribution in [1.82, 2.24) is 4.72 Å². The average molecular weight is 380 g/mol. The standard InChI is InChI=1S/C15H13ClF3NO3S/c16-12-7-4-8-13(9-12)24(22,23)20-10-14(21,15(17,18)19)11-5-2-1-3-6-11/h1-9,20-21H,10H2. The third-order valence-corrected chi connectivity index (χ3v) is 4.98. The van der Waals surface area contributed by atoms with Crippen LogP contribution in [0.5, 0.6) is 0 Å². The van der Waals surface area contributed by atoms with Crippen LogP contribution in [0.2, 0.25) is 5.02 Å². The first-order chi connectivity index (χ1) is 11.1. The Balaban J connectivity index is 2.32.